The number of ether oxygens (including phenoxy) is 2. The Hall–Kier alpha value is -4.97. The molecule has 3 aromatic rings. The number of nitrogens with one attached hydrogen (secondary N) is 2. The number of benzene rings is 3. The van der Waals surface area contributed by atoms with Crippen LogP contribution in [-0.4, -0.2) is 53.2 Å². The zero-order valence-electron chi connectivity index (χ0n) is 24.5. The van der Waals surface area contributed by atoms with E-state index in [1.807, 2.05) is 0 Å². The largest absolute Gasteiger partial charge is 0.508 e. The first-order valence-electron chi connectivity index (χ1n) is 13.5. The number of phenolic OH excluding ortho intramolecular Hbond substituents is 1. The van der Waals surface area contributed by atoms with Crippen molar-refractivity contribution in [2.24, 2.45) is 0 Å². The molecule has 0 aliphatic heterocycles. The van der Waals surface area contributed by atoms with Crippen molar-refractivity contribution in [3.05, 3.63) is 89.5 Å². The molecule has 42 heavy (non-hydrogen) atoms. The molecule has 0 bridgehead atoms. The first-order chi connectivity index (χ1) is 19.9. The fraction of sp³-hybridized carbons (Fsp3) is 0.303. The maximum atomic E-state index is 14.3. The number of amides is 3. The van der Waals surface area contributed by atoms with Crippen molar-refractivity contribution in [2.75, 3.05) is 19.0 Å². The van der Waals surface area contributed by atoms with Gasteiger partial charge in [0.1, 0.15) is 29.2 Å². The molecule has 0 radical (unpaired) electrons. The second-order valence-electron chi connectivity index (χ2n) is 10.5. The van der Waals surface area contributed by atoms with Gasteiger partial charge in [-0.1, -0.05) is 36.3 Å². The lowest BCUT2D eigenvalue weighted by molar-refractivity contribution is -0.140. The Bertz CT molecular complexity index is 1420. The Balaban J connectivity index is 2.03. The van der Waals surface area contributed by atoms with Crippen LogP contribution in [0.25, 0.3) is 0 Å². The highest BCUT2D eigenvalue weighted by Gasteiger charge is 2.36. The minimum Gasteiger partial charge on any atom is -0.508 e. The Labute approximate surface area is 246 Å². The normalized spacial score (nSPS) is 12.3. The number of carbonyl (C=O) groups excluding carboxylic acids is 3. The summed E-state index contributed by atoms with van der Waals surface area (Å²) in [5.41, 5.74) is 1.30. The molecule has 0 aliphatic rings. The van der Waals surface area contributed by atoms with Gasteiger partial charge in [0.2, 0.25) is 5.91 Å². The number of alkyl carbamates (subject to hydrolysis) is 1. The van der Waals surface area contributed by atoms with E-state index in [0.717, 1.165) is 0 Å². The molecule has 9 nitrogen and oxygen atoms in total. The van der Waals surface area contributed by atoms with Gasteiger partial charge in [-0.2, -0.15) is 0 Å². The number of hydrogen-bond acceptors (Lipinski definition) is 6. The van der Waals surface area contributed by atoms with Crippen molar-refractivity contribution in [3.8, 4) is 23.8 Å². The van der Waals surface area contributed by atoms with E-state index in [2.05, 4.69) is 16.6 Å². The highest BCUT2D eigenvalue weighted by Crippen LogP contribution is 2.28. The molecule has 0 spiro atoms. The summed E-state index contributed by atoms with van der Waals surface area (Å²) in [5, 5.41) is 15.3. The van der Waals surface area contributed by atoms with E-state index >= 15 is 0 Å². The van der Waals surface area contributed by atoms with Crippen molar-refractivity contribution < 1.29 is 29.0 Å². The molecule has 3 rings (SSSR count). The van der Waals surface area contributed by atoms with E-state index in [4.69, 9.17) is 15.9 Å². The van der Waals surface area contributed by atoms with Crippen LogP contribution in [0.2, 0.25) is 0 Å². The maximum absolute atomic E-state index is 14.3. The van der Waals surface area contributed by atoms with Crippen LogP contribution in [0.1, 0.15) is 50.4 Å². The lowest BCUT2D eigenvalue weighted by Crippen LogP contribution is -2.53. The van der Waals surface area contributed by atoms with Crippen LogP contribution in [0.5, 0.6) is 11.5 Å². The standard InChI is InChI=1S/C33H37N3O6/c1-7-23-11-9-10-12-27(23)29(30(38)34-24-15-19-26(41-6)20-16-24)36(8-2)31(39)28(35-32(40)42-33(3,4)5)21-22-13-17-25(37)18-14-22/h1,9-20,28-29,37H,8,21H2,2-6H3,(H,34,38)(H,35,40). The highest BCUT2D eigenvalue weighted by molar-refractivity contribution is 5.99. The molecule has 0 fully saturated rings. The number of anilines is 1. The summed E-state index contributed by atoms with van der Waals surface area (Å²) in [6.45, 7) is 7.03. The zero-order chi connectivity index (χ0) is 30.9. The van der Waals surface area contributed by atoms with E-state index in [9.17, 15) is 19.5 Å². The zero-order valence-corrected chi connectivity index (χ0v) is 24.5. The molecule has 3 N–H and O–H groups in total. The van der Waals surface area contributed by atoms with E-state index in [-0.39, 0.29) is 18.7 Å². The highest BCUT2D eigenvalue weighted by atomic mass is 16.6. The predicted octanol–water partition coefficient (Wildman–Crippen LogP) is 5.05. The lowest BCUT2D eigenvalue weighted by atomic mass is 9.96. The van der Waals surface area contributed by atoms with E-state index in [1.165, 1.54) is 17.0 Å². The molecule has 220 valence electrons. The van der Waals surface area contributed by atoms with Crippen molar-refractivity contribution in [1.82, 2.24) is 10.2 Å². The number of methoxy groups -OCH3 is 1. The molecule has 0 aromatic heterocycles. The fourth-order valence-corrected chi connectivity index (χ4v) is 4.39. The summed E-state index contributed by atoms with van der Waals surface area (Å²) in [5.74, 6) is 2.30. The Morgan fingerprint density at radius 3 is 2.21 bits per heavy atom. The van der Waals surface area contributed by atoms with Gasteiger partial charge >= 0.3 is 6.09 Å². The molecule has 3 amide bonds. The van der Waals surface area contributed by atoms with E-state index in [1.54, 1.807) is 95.5 Å². The summed E-state index contributed by atoms with van der Waals surface area (Å²) in [6.07, 6.45) is 5.10. The van der Waals surface area contributed by atoms with Crippen LogP contribution >= 0.6 is 0 Å². The molecule has 3 aromatic carbocycles. The van der Waals surface area contributed by atoms with Gasteiger partial charge < -0.3 is 30.1 Å². The smallest absolute Gasteiger partial charge is 0.408 e. The Morgan fingerprint density at radius 2 is 1.64 bits per heavy atom. The van der Waals surface area contributed by atoms with Gasteiger partial charge in [-0.05, 0) is 81.3 Å². The number of terminal acetylenes is 1. The second kappa shape index (κ2) is 14.1. The number of hydrogen-bond donors (Lipinski definition) is 3. The Kier molecular flexibility index (Phi) is 10.6. The third kappa shape index (κ3) is 8.51. The number of carbonyl (C=O) groups is 3. The molecular formula is C33H37N3O6. The van der Waals surface area contributed by atoms with Gasteiger partial charge in [0.25, 0.3) is 5.91 Å². The number of likely N-dealkylation sites (N-methyl/N-ethyl adjacent to an activating group) is 1. The van der Waals surface area contributed by atoms with Gasteiger partial charge in [0.15, 0.2) is 0 Å². The summed E-state index contributed by atoms with van der Waals surface area (Å²) in [6, 6.07) is 17.8. The van der Waals surface area contributed by atoms with Crippen LogP contribution in [-0.2, 0) is 20.7 Å². The minimum atomic E-state index is -1.13. The molecular weight excluding hydrogens is 534 g/mol. The average molecular weight is 572 g/mol. The first-order valence-corrected chi connectivity index (χ1v) is 13.5. The molecule has 0 saturated carbocycles. The fourth-order valence-electron chi connectivity index (χ4n) is 4.39. The molecule has 9 heteroatoms. The van der Waals surface area contributed by atoms with Crippen LogP contribution in [0.3, 0.4) is 0 Å². The van der Waals surface area contributed by atoms with Crippen molar-refractivity contribution >= 4 is 23.6 Å². The molecule has 0 heterocycles. The second-order valence-corrected chi connectivity index (χ2v) is 10.5. The van der Waals surface area contributed by atoms with Crippen LogP contribution < -0.4 is 15.4 Å². The van der Waals surface area contributed by atoms with E-state index < -0.39 is 35.6 Å². The summed E-state index contributed by atoms with van der Waals surface area (Å²) >= 11 is 0. The maximum Gasteiger partial charge on any atom is 0.408 e. The first kappa shape index (κ1) is 31.6. The molecule has 0 aliphatic carbocycles. The van der Waals surface area contributed by atoms with Crippen molar-refractivity contribution in [3.63, 3.8) is 0 Å². The lowest BCUT2D eigenvalue weighted by Gasteiger charge is -2.34. The minimum absolute atomic E-state index is 0.0677. The number of nitrogens with zero attached hydrogens (tertiary/aromatic N) is 1. The quantitative estimate of drug-likeness (QED) is 0.294. The van der Waals surface area contributed by atoms with Crippen molar-refractivity contribution in [2.45, 2.75) is 51.8 Å². The van der Waals surface area contributed by atoms with Gasteiger partial charge in [0.05, 0.1) is 7.11 Å². The SMILES string of the molecule is C#Cc1ccccc1C(C(=O)Nc1ccc(OC)cc1)N(CC)C(=O)C(Cc1ccc(O)cc1)NC(=O)OC(C)(C)C. The third-order valence-electron chi connectivity index (χ3n) is 6.32. The van der Waals surface area contributed by atoms with Crippen LogP contribution in [0, 0.1) is 12.3 Å². The third-order valence-corrected chi connectivity index (χ3v) is 6.32. The van der Waals surface area contributed by atoms with Gasteiger partial charge in [0, 0.05) is 24.2 Å². The van der Waals surface area contributed by atoms with Gasteiger partial charge in [-0.3, -0.25) is 9.59 Å². The Morgan fingerprint density at radius 1 is 1.00 bits per heavy atom. The average Bonchev–Trinajstić information content (AvgIpc) is 2.95. The van der Waals surface area contributed by atoms with Gasteiger partial charge in [-0.15, -0.1) is 6.42 Å². The van der Waals surface area contributed by atoms with Crippen LogP contribution in [0.15, 0.2) is 72.8 Å². The molecule has 0 saturated heterocycles. The number of aromatic hydroxyl groups is 1. The van der Waals surface area contributed by atoms with Crippen LogP contribution in [0.4, 0.5) is 10.5 Å². The summed E-state index contributed by atoms with van der Waals surface area (Å²) in [7, 11) is 1.55. The monoisotopic (exact) mass is 571 g/mol. The number of rotatable bonds is 10. The predicted molar refractivity (Wildman–Crippen MR) is 161 cm³/mol. The number of phenols is 1. The summed E-state index contributed by atoms with van der Waals surface area (Å²) < 4.78 is 10.6. The van der Waals surface area contributed by atoms with Gasteiger partial charge in [-0.25, -0.2) is 4.79 Å². The summed E-state index contributed by atoms with van der Waals surface area (Å²) in [4.78, 5) is 42.4. The van der Waals surface area contributed by atoms with E-state index in [0.29, 0.717) is 28.1 Å². The molecule has 2 unspecified atom stereocenters. The van der Waals surface area contributed by atoms with Crippen molar-refractivity contribution in [1.29, 1.82) is 0 Å². The molecule has 2 atom stereocenters. The topological polar surface area (TPSA) is 117 Å².